The molecule has 0 atom stereocenters. The van der Waals surface area contributed by atoms with Gasteiger partial charge in [0.2, 0.25) is 0 Å². The maximum atomic E-state index is 2.52. The third-order valence-electron chi connectivity index (χ3n) is 3.29. The van der Waals surface area contributed by atoms with E-state index in [0.717, 1.165) is 0 Å². The highest BCUT2D eigenvalue weighted by atomic mass is 32.2. The lowest BCUT2D eigenvalue weighted by atomic mass is 10.2. The minimum Gasteiger partial charge on any atom is -0.143 e. The molecule has 2 rings (SSSR count). The predicted octanol–water partition coefficient (Wildman–Crippen LogP) is 4.98. The zero-order chi connectivity index (χ0) is 12.4. The molecule has 0 N–H and O–H groups in total. The monoisotopic (exact) mass is 282 g/mol. The van der Waals surface area contributed by atoms with Crippen LogP contribution in [-0.2, 0) is 3.70 Å². The fraction of sp³-hybridized carbons (Fsp3) is 0.571. The third kappa shape index (κ3) is 2.77. The summed E-state index contributed by atoms with van der Waals surface area (Å²) in [7, 11) is -1.25. The smallest absolute Gasteiger partial charge is 0.0808 e. The summed E-state index contributed by atoms with van der Waals surface area (Å²) < 4.78 is 0.366. The normalized spacial score (nSPS) is 20.9. The summed E-state index contributed by atoms with van der Waals surface area (Å²) in [6.07, 6.45) is 2.77. The number of rotatable bonds is 2. The van der Waals surface area contributed by atoms with Gasteiger partial charge in [0.1, 0.15) is 0 Å². The third-order valence-corrected chi connectivity index (χ3v) is 13.1. The molecular weight excluding hydrogens is 260 g/mol. The molecule has 0 spiro atoms. The van der Waals surface area contributed by atoms with Gasteiger partial charge >= 0.3 is 0 Å². The molecule has 94 valence electrons. The first-order valence-corrected chi connectivity index (χ1v) is 11.9. The van der Waals surface area contributed by atoms with Gasteiger partial charge in [-0.3, -0.25) is 0 Å². The van der Waals surface area contributed by atoms with Gasteiger partial charge in [0.25, 0.3) is 0 Å². The van der Waals surface area contributed by atoms with Crippen LogP contribution in [0.25, 0.3) is 0 Å². The summed E-state index contributed by atoms with van der Waals surface area (Å²) in [6, 6.07) is 11.2. The second-order valence-corrected chi connectivity index (χ2v) is 14.5. The van der Waals surface area contributed by atoms with E-state index in [1.165, 1.54) is 24.3 Å². The minimum absolute atomic E-state index is 0.366. The molecular formula is C14H22S2Si. The molecule has 0 unspecified atom stereocenters. The maximum absolute atomic E-state index is 2.52. The molecule has 1 aliphatic heterocycles. The Balaban J connectivity index is 2.43. The lowest BCUT2D eigenvalue weighted by Crippen LogP contribution is -2.44. The van der Waals surface area contributed by atoms with Gasteiger partial charge in [-0.15, -0.1) is 23.5 Å². The molecule has 1 aromatic rings. The first-order valence-electron chi connectivity index (χ1n) is 6.40. The van der Waals surface area contributed by atoms with Gasteiger partial charge in [0.15, 0.2) is 0 Å². The molecule has 1 fully saturated rings. The van der Waals surface area contributed by atoms with Crippen molar-refractivity contribution in [2.24, 2.45) is 0 Å². The molecule has 3 heteroatoms. The van der Waals surface area contributed by atoms with Crippen LogP contribution in [0.4, 0.5) is 0 Å². The number of benzene rings is 1. The first-order chi connectivity index (χ1) is 8.06. The van der Waals surface area contributed by atoms with Crippen LogP contribution in [0.1, 0.15) is 18.4 Å². The average molecular weight is 283 g/mol. The molecule has 1 saturated heterocycles. The van der Waals surface area contributed by atoms with Crippen LogP contribution < -0.4 is 0 Å². The lowest BCUT2D eigenvalue weighted by Gasteiger charge is -2.42. The van der Waals surface area contributed by atoms with E-state index < -0.39 is 8.07 Å². The van der Waals surface area contributed by atoms with Crippen LogP contribution in [0, 0.1) is 0 Å². The highest BCUT2D eigenvalue weighted by molar-refractivity contribution is 8.20. The van der Waals surface area contributed by atoms with E-state index >= 15 is 0 Å². The zero-order valence-corrected chi connectivity index (χ0v) is 13.7. The van der Waals surface area contributed by atoms with E-state index in [1.54, 1.807) is 5.56 Å². The Morgan fingerprint density at radius 2 is 1.47 bits per heavy atom. The summed E-state index contributed by atoms with van der Waals surface area (Å²) in [5.41, 5.74) is 1.55. The molecule has 0 bridgehead atoms. The average Bonchev–Trinajstić information content (AvgIpc) is 2.55. The van der Waals surface area contributed by atoms with Crippen LogP contribution in [-0.4, -0.2) is 19.6 Å². The second kappa shape index (κ2) is 5.41. The van der Waals surface area contributed by atoms with E-state index in [4.69, 9.17) is 0 Å². The lowest BCUT2D eigenvalue weighted by molar-refractivity contribution is 0.912. The van der Waals surface area contributed by atoms with Crippen molar-refractivity contribution in [1.29, 1.82) is 0 Å². The van der Waals surface area contributed by atoms with Gasteiger partial charge in [0, 0.05) is 0 Å². The van der Waals surface area contributed by atoms with Gasteiger partial charge in [-0.05, 0) is 29.9 Å². The molecule has 0 saturated carbocycles. The molecule has 0 aliphatic carbocycles. The van der Waals surface area contributed by atoms with E-state index in [-0.39, 0.29) is 0 Å². The van der Waals surface area contributed by atoms with Gasteiger partial charge in [-0.2, -0.15) is 0 Å². The van der Waals surface area contributed by atoms with E-state index in [1.807, 2.05) is 0 Å². The quantitative estimate of drug-likeness (QED) is 0.702. The highest BCUT2D eigenvalue weighted by Gasteiger charge is 2.46. The van der Waals surface area contributed by atoms with Crippen molar-refractivity contribution in [2.45, 2.75) is 36.2 Å². The second-order valence-electron chi connectivity index (χ2n) is 5.64. The van der Waals surface area contributed by atoms with Crippen LogP contribution in [0.15, 0.2) is 30.3 Å². The molecule has 0 nitrogen and oxygen atoms in total. The van der Waals surface area contributed by atoms with Crippen molar-refractivity contribution in [3.8, 4) is 0 Å². The van der Waals surface area contributed by atoms with Crippen molar-refractivity contribution < 1.29 is 0 Å². The summed E-state index contributed by atoms with van der Waals surface area (Å²) in [5, 5.41) is 0. The number of hydrogen-bond acceptors (Lipinski definition) is 2. The maximum Gasteiger partial charge on any atom is 0.0808 e. The SMILES string of the molecule is C[Si](C)(C)C1(c2ccccc2)SCCCCS1. The number of hydrogen-bond donors (Lipinski definition) is 0. The van der Waals surface area contributed by atoms with E-state index in [2.05, 4.69) is 73.5 Å². The number of thioether (sulfide) groups is 2. The van der Waals surface area contributed by atoms with Crippen LogP contribution >= 0.6 is 23.5 Å². The van der Waals surface area contributed by atoms with Crippen LogP contribution in [0.2, 0.25) is 19.6 Å². The van der Waals surface area contributed by atoms with Gasteiger partial charge in [-0.1, -0.05) is 50.0 Å². The molecule has 1 aromatic carbocycles. The van der Waals surface area contributed by atoms with Crippen molar-refractivity contribution >= 4 is 31.6 Å². The Bertz CT molecular complexity index is 348. The molecule has 1 aliphatic rings. The molecule has 1 heterocycles. The largest absolute Gasteiger partial charge is 0.143 e. The van der Waals surface area contributed by atoms with E-state index in [9.17, 15) is 0 Å². The molecule has 0 amide bonds. The first kappa shape index (κ1) is 13.6. The standard InChI is InChI=1S/C14H22S2Si/c1-17(2,3)14(13-9-5-4-6-10-13)15-11-7-8-12-16-14/h4-6,9-10H,7-8,11-12H2,1-3H3. The van der Waals surface area contributed by atoms with Gasteiger partial charge in [0.05, 0.1) is 11.8 Å². The van der Waals surface area contributed by atoms with Crippen LogP contribution in [0.5, 0.6) is 0 Å². The predicted molar refractivity (Wildman–Crippen MR) is 85.6 cm³/mol. The summed E-state index contributed by atoms with van der Waals surface area (Å²) in [5.74, 6) is 2.65. The minimum atomic E-state index is -1.25. The molecule has 0 radical (unpaired) electrons. The van der Waals surface area contributed by atoms with Crippen molar-refractivity contribution in [1.82, 2.24) is 0 Å². The van der Waals surface area contributed by atoms with E-state index in [0.29, 0.717) is 3.70 Å². The topological polar surface area (TPSA) is 0 Å². The summed E-state index contributed by atoms with van der Waals surface area (Å²) >= 11 is 4.43. The van der Waals surface area contributed by atoms with Gasteiger partial charge in [-0.25, -0.2) is 0 Å². The fourth-order valence-corrected chi connectivity index (χ4v) is 10.2. The Morgan fingerprint density at radius 3 is 1.94 bits per heavy atom. The van der Waals surface area contributed by atoms with Gasteiger partial charge < -0.3 is 0 Å². The molecule has 0 aromatic heterocycles. The summed E-state index contributed by atoms with van der Waals surface area (Å²) in [4.78, 5) is 0. The summed E-state index contributed by atoms with van der Waals surface area (Å²) in [6.45, 7) is 7.56. The Morgan fingerprint density at radius 1 is 0.941 bits per heavy atom. The Labute approximate surface area is 115 Å². The molecule has 17 heavy (non-hydrogen) atoms. The van der Waals surface area contributed by atoms with Crippen molar-refractivity contribution in [2.75, 3.05) is 11.5 Å². The van der Waals surface area contributed by atoms with Crippen molar-refractivity contribution in [3.63, 3.8) is 0 Å². The van der Waals surface area contributed by atoms with Crippen LogP contribution in [0.3, 0.4) is 0 Å². The Kier molecular flexibility index (Phi) is 4.32. The van der Waals surface area contributed by atoms with Crippen molar-refractivity contribution in [3.05, 3.63) is 35.9 Å². The fourth-order valence-electron chi connectivity index (χ4n) is 2.37. The zero-order valence-electron chi connectivity index (χ0n) is 11.0. The Hall–Kier alpha value is 0.137. The highest BCUT2D eigenvalue weighted by Crippen LogP contribution is 2.54.